The average Bonchev–Trinajstić information content (AvgIpc) is 3.24. The molecule has 0 unspecified atom stereocenters. The molecule has 25 heavy (non-hydrogen) atoms. The van der Waals surface area contributed by atoms with E-state index in [1.54, 1.807) is 18.5 Å². The maximum absolute atomic E-state index is 12.1. The Morgan fingerprint density at radius 2 is 2.00 bits per heavy atom. The number of hydrogen-bond donors (Lipinski definition) is 1. The van der Waals surface area contributed by atoms with Crippen molar-refractivity contribution >= 4 is 17.4 Å². The maximum atomic E-state index is 12.1. The topological polar surface area (TPSA) is 77.0 Å². The number of carbonyl (C=O) groups excluding carboxylic acids is 1. The third kappa shape index (κ3) is 2.76. The number of nitrogens with zero attached hydrogens (tertiary/aromatic N) is 4. The molecule has 0 spiro atoms. The predicted octanol–water partition coefficient (Wildman–Crippen LogP) is 2.95. The van der Waals surface area contributed by atoms with Gasteiger partial charge in [-0.2, -0.15) is 0 Å². The minimum Gasteiger partial charge on any atom is -0.384 e. The predicted molar refractivity (Wildman–Crippen MR) is 97.5 cm³/mol. The van der Waals surface area contributed by atoms with Crippen LogP contribution in [0.5, 0.6) is 0 Å². The Bertz CT molecular complexity index is 946. The molecule has 0 saturated carbocycles. The second kappa shape index (κ2) is 6.05. The molecule has 3 aromatic rings. The van der Waals surface area contributed by atoms with Gasteiger partial charge >= 0.3 is 0 Å². The molecular weight excluding hydrogens is 314 g/mol. The average molecular weight is 333 g/mol. The van der Waals surface area contributed by atoms with Crippen LogP contribution in [0.25, 0.3) is 17.1 Å². The summed E-state index contributed by atoms with van der Waals surface area (Å²) >= 11 is 0. The zero-order valence-electron chi connectivity index (χ0n) is 14.0. The number of hydrogen-bond acceptors (Lipinski definition) is 4. The summed E-state index contributed by atoms with van der Waals surface area (Å²) in [6, 6.07) is 9.82. The second-order valence-corrected chi connectivity index (χ2v) is 6.21. The van der Waals surface area contributed by atoms with Gasteiger partial charge in [0.25, 0.3) is 0 Å². The fraction of sp³-hybridized carbons (Fsp3) is 0.211. The van der Waals surface area contributed by atoms with Gasteiger partial charge in [-0.3, -0.25) is 9.36 Å². The van der Waals surface area contributed by atoms with Gasteiger partial charge in [0, 0.05) is 48.5 Å². The minimum atomic E-state index is 0.188. The summed E-state index contributed by atoms with van der Waals surface area (Å²) < 4.78 is 2.00. The van der Waals surface area contributed by atoms with Crippen LogP contribution < -0.4 is 10.6 Å². The van der Waals surface area contributed by atoms with Crippen LogP contribution in [0.1, 0.15) is 18.4 Å². The highest BCUT2D eigenvalue weighted by atomic mass is 16.2. The molecule has 0 bridgehead atoms. The molecule has 1 fully saturated rings. The molecule has 4 rings (SSSR count). The van der Waals surface area contributed by atoms with Crippen molar-refractivity contribution in [2.45, 2.75) is 19.8 Å². The van der Waals surface area contributed by atoms with Gasteiger partial charge < -0.3 is 10.6 Å². The van der Waals surface area contributed by atoms with Gasteiger partial charge in [-0.25, -0.2) is 9.97 Å². The zero-order valence-corrected chi connectivity index (χ0v) is 14.0. The fourth-order valence-electron chi connectivity index (χ4n) is 3.25. The first kappa shape index (κ1) is 15.4. The summed E-state index contributed by atoms with van der Waals surface area (Å²) in [5.74, 6) is 1.43. The second-order valence-electron chi connectivity index (χ2n) is 6.21. The lowest BCUT2D eigenvalue weighted by Gasteiger charge is -2.20. The Balaban J connectivity index is 1.79. The molecule has 0 atom stereocenters. The number of benzene rings is 1. The van der Waals surface area contributed by atoms with E-state index in [1.165, 1.54) is 0 Å². The number of nitrogens with two attached hydrogens (primary N) is 1. The van der Waals surface area contributed by atoms with Crippen LogP contribution in [0.15, 0.2) is 48.9 Å². The van der Waals surface area contributed by atoms with Crippen LogP contribution in [-0.4, -0.2) is 27.0 Å². The van der Waals surface area contributed by atoms with Gasteiger partial charge in [0.15, 0.2) is 0 Å². The standard InChI is InChI=1S/C19H19N5O/c1-13-4-5-15(12-16(13)24-9-2-3-18(24)25)23-10-8-22-19(23)14-6-7-21-17(20)11-14/h4-8,10-12H,2-3,9H2,1H3,(H2,20,21). The van der Waals surface area contributed by atoms with Crippen LogP contribution in [0.2, 0.25) is 0 Å². The van der Waals surface area contributed by atoms with E-state index in [4.69, 9.17) is 5.73 Å². The molecule has 0 radical (unpaired) electrons. The number of rotatable bonds is 3. The summed E-state index contributed by atoms with van der Waals surface area (Å²) in [6.45, 7) is 2.81. The molecule has 1 amide bonds. The van der Waals surface area contributed by atoms with Crippen LogP contribution in [0.3, 0.4) is 0 Å². The van der Waals surface area contributed by atoms with Crippen molar-refractivity contribution in [3.8, 4) is 17.1 Å². The van der Waals surface area contributed by atoms with Gasteiger partial charge in [0.05, 0.1) is 0 Å². The number of carbonyl (C=O) groups is 1. The van der Waals surface area contributed by atoms with Crippen molar-refractivity contribution in [3.63, 3.8) is 0 Å². The van der Waals surface area contributed by atoms with Gasteiger partial charge in [-0.1, -0.05) is 6.07 Å². The SMILES string of the molecule is Cc1ccc(-n2ccnc2-c2ccnc(N)c2)cc1N1CCCC1=O. The van der Waals surface area contributed by atoms with Gasteiger partial charge in [0.2, 0.25) is 5.91 Å². The number of amides is 1. The van der Waals surface area contributed by atoms with Gasteiger partial charge in [-0.15, -0.1) is 0 Å². The van der Waals surface area contributed by atoms with E-state index in [9.17, 15) is 4.79 Å². The molecule has 6 heteroatoms. The van der Waals surface area contributed by atoms with Gasteiger partial charge in [-0.05, 0) is 43.2 Å². The highest BCUT2D eigenvalue weighted by molar-refractivity contribution is 5.96. The van der Waals surface area contributed by atoms with Crippen molar-refractivity contribution in [1.82, 2.24) is 14.5 Å². The first-order valence-electron chi connectivity index (χ1n) is 8.30. The molecule has 1 saturated heterocycles. The van der Waals surface area contributed by atoms with Gasteiger partial charge in [0.1, 0.15) is 11.6 Å². The van der Waals surface area contributed by atoms with Crippen molar-refractivity contribution in [3.05, 3.63) is 54.5 Å². The van der Waals surface area contributed by atoms with E-state index in [1.807, 2.05) is 46.9 Å². The minimum absolute atomic E-state index is 0.188. The first-order valence-corrected chi connectivity index (χ1v) is 8.30. The van der Waals surface area contributed by atoms with E-state index in [0.717, 1.165) is 41.3 Å². The van der Waals surface area contributed by atoms with Crippen molar-refractivity contribution < 1.29 is 4.79 Å². The lowest BCUT2D eigenvalue weighted by atomic mass is 10.1. The van der Waals surface area contributed by atoms with Crippen LogP contribution in [0, 0.1) is 6.92 Å². The summed E-state index contributed by atoms with van der Waals surface area (Å²) in [5.41, 5.74) is 9.72. The van der Waals surface area contributed by atoms with E-state index in [-0.39, 0.29) is 5.91 Å². The lowest BCUT2D eigenvalue weighted by Crippen LogP contribution is -2.24. The Kier molecular flexibility index (Phi) is 3.72. The third-order valence-corrected chi connectivity index (χ3v) is 4.52. The quantitative estimate of drug-likeness (QED) is 0.799. The van der Waals surface area contributed by atoms with E-state index >= 15 is 0 Å². The summed E-state index contributed by atoms with van der Waals surface area (Å²) in [5, 5.41) is 0. The molecule has 1 aliphatic heterocycles. The Hall–Kier alpha value is -3.15. The van der Waals surface area contributed by atoms with E-state index < -0.39 is 0 Å². The number of imidazole rings is 1. The molecule has 6 nitrogen and oxygen atoms in total. The molecule has 2 aromatic heterocycles. The monoisotopic (exact) mass is 333 g/mol. The smallest absolute Gasteiger partial charge is 0.227 e. The Morgan fingerprint density at radius 3 is 2.76 bits per heavy atom. The number of pyridine rings is 1. The Morgan fingerprint density at radius 1 is 1.12 bits per heavy atom. The summed E-state index contributed by atoms with van der Waals surface area (Å²) in [6.07, 6.45) is 6.87. The summed E-state index contributed by atoms with van der Waals surface area (Å²) in [4.78, 5) is 22.5. The molecule has 1 aliphatic rings. The van der Waals surface area contributed by atoms with Crippen molar-refractivity contribution in [2.75, 3.05) is 17.2 Å². The molecule has 0 aliphatic carbocycles. The molecule has 2 N–H and O–H groups in total. The van der Waals surface area contributed by atoms with Crippen molar-refractivity contribution in [2.24, 2.45) is 0 Å². The normalized spacial score (nSPS) is 14.3. The zero-order chi connectivity index (χ0) is 17.4. The van der Waals surface area contributed by atoms with E-state index in [2.05, 4.69) is 9.97 Å². The summed E-state index contributed by atoms with van der Waals surface area (Å²) in [7, 11) is 0. The number of aromatic nitrogens is 3. The van der Waals surface area contributed by atoms with Crippen molar-refractivity contribution in [1.29, 1.82) is 0 Å². The number of anilines is 2. The lowest BCUT2D eigenvalue weighted by molar-refractivity contribution is -0.117. The highest BCUT2D eigenvalue weighted by Crippen LogP contribution is 2.29. The Labute approximate surface area is 145 Å². The largest absolute Gasteiger partial charge is 0.384 e. The van der Waals surface area contributed by atoms with Crippen LogP contribution in [-0.2, 0) is 4.79 Å². The first-order chi connectivity index (χ1) is 12.1. The molecule has 3 heterocycles. The van der Waals surface area contributed by atoms with Crippen LogP contribution in [0.4, 0.5) is 11.5 Å². The molecule has 126 valence electrons. The van der Waals surface area contributed by atoms with E-state index in [0.29, 0.717) is 12.2 Å². The third-order valence-electron chi connectivity index (χ3n) is 4.52. The highest BCUT2D eigenvalue weighted by Gasteiger charge is 2.23. The number of aryl methyl sites for hydroxylation is 1. The number of nitrogen functional groups attached to an aromatic ring is 1. The maximum Gasteiger partial charge on any atom is 0.227 e. The van der Waals surface area contributed by atoms with Crippen LogP contribution >= 0.6 is 0 Å². The fourth-order valence-corrected chi connectivity index (χ4v) is 3.25. The molecular formula is C19H19N5O. The molecule has 1 aromatic carbocycles.